The molecule has 0 heterocycles. The summed E-state index contributed by atoms with van der Waals surface area (Å²) in [6, 6.07) is 23.3. The molecule has 5 nitrogen and oxygen atoms in total. The Kier molecular flexibility index (Phi) is 5.76. The van der Waals surface area contributed by atoms with E-state index < -0.39 is 12.2 Å². The molecule has 4 bridgehead atoms. The lowest BCUT2D eigenvalue weighted by molar-refractivity contribution is -0.00518. The molecule has 0 radical (unpaired) electrons. The number of hydrogen-bond donors (Lipinski definition) is 3. The Morgan fingerprint density at radius 1 is 0.889 bits per heavy atom. The van der Waals surface area contributed by atoms with Gasteiger partial charge in [-0.1, -0.05) is 36.4 Å². The smallest absolute Gasteiger partial charge is 0.337 e. The van der Waals surface area contributed by atoms with Crippen molar-refractivity contribution in [2.75, 3.05) is 17.3 Å². The largest absolute Gasteiger partial charge is 0.478 e. The predicted octanol–water partition coefficient (Wildman–Crippen LogP) is 6.72. The summed E-state index contributed by atoms with van der Waals surface area (Å²) in [5.74, 6) is 1.82. The van der Waals surface area contributed by atoms with Gasteiger partial charge in [-0.25, -0.2) is 4.79 Å². The summed E-state index contributed by atoms with van der Waals surface area (Å²) < 4.78 is 0. The van der Waals surface area contributed by atoms with Crippen molar-refractivity contribution in [2.45, 2.75) is 50.2 Å². The number of rotatable bonds is 7. The molecule has 4 saturated carbocycles. The van der Waals surface area contributed by atoms with Gasteiger partial charge in [-0.2, -0.15) is 0 Å². The lowest BCUT2D eigenvalue weighted by Gasteiger charge is -2.57. The minimum absolute atomic E-state index is 0.253. The molecule has 7 rings (SSSR count). The molecule has 4 aliphatic rings. The van der Waals surface area contributed by atoms with Gasteiger partial charge in [0.05, 0.1) is 11.3 Å². The Hall–Kier alpha value is -3.31. The molecule has 36 heavy (non-hydrogen) atoms. The Bertz CT molecular complexity index is 1220. The minimum Gasteiger partial charge on any atom is -0.478 e. The third kappa shape index (κ3) is 4.16. The van der Waals surface area contributed by atoms with Crippen LogP contribution in [0.25, 0.3) is 0 Å². The van der Waals surface area contributed by atoms with Crippen molar-refractivity contribution < 1.29 is 15.0 Å². The highest BCUT2D eigenvalue weighted by Gasteiger charge is 2.51. The van der Waals surface area contributed by atoms with Crippen LogP contribution in [0.1, 0.15) is 66.2 Å². The van der Waals surface area contributed by atoms with Crippen molar-refractivity contribution in [3.63, 3.8) is 0 Å². The first kappa shape index (κ1) is 23.1. The number of carboxylic acid groups (broad SMARTS) is 1. The summed E-state index contributed by atoms with van der Waals surface area (Å²) in [5.41, 5.74) is 5.25. The molecular formula is C31H34N2O3. The average Bonchev–Trinajstić information content (AvgIpc) is 2.88. The maximum atomic E-state index is 11.6. The lowest BCUT2D eigenvalue weighted by atomic mass is 9.48. The van der Waals surface area contributed by atoms with E-state index in [1.165, 1.54) is 44.1 Å². The van der Waals surface area contributed by atoms with Crippen LogP contribution in [0.5, 0.6) is 0 Å². The molecule has 5 heteroatoms. The van der Waals surface area contributed by atoms with Crippen LogP contribution in [0, 0.1) is 17.8 Å². The monoisotopic (exact) mass is 482 g/mol. The van der Waals surface area contributed by atoms with E-state index in [-0.39, 0.29) is 5.56 Å². The van der Waals surface area contributed by atoms with Crippen molar-refractivity contribution in [3.05, 3.63) is 89.5 Å². The summed E-state index contributed by atoms with van der Waals surface area (Å²) in [5, 5.41) is 23.6. The third-order valence-electron chi connectivity index (χ3n) is 8.93. The van der Waals surface area contributed by atoms with Crippen LogP contribution in [-0.4, -0.2) is 23.2 Å². The van der Waals surface area contributed by atoms with Crippen LogP contribution in [0.15, 0.2) is 72.8 Å². The van der Waals surface area contributed by atoms with Gasteiger partial charge in [-0.05, 0) is 104 Å². The fourth-order valence-corrected chi connectivity index (χ4v) is 7.59. The number of benzene rings is 3. The number of nitrogens with one attached hydrogen (secondary N) is 1. The quantitative estimate of drug-likeness (QED) is 0.326. The first-order valence-electron chi connectivity index (χ1n) is 13.1. The molecule has 186 valence electrons. The first-order valence-corrected chi connectivity index (χ1v) is 13.1. The third-order valence-corrected chi connectivity index (χ3v) is 8.93. The molecule has 0 saturated heterocycles. The van der Waals surface area contributed by atoms with Crippen LogP contribution in [-0.2, 0) is 5.41 Å². The zero-order chi connectivity index (χ0) is 24.9. The van der Waals surface area contributed by atoms with E-state index in [4.69, 9.17) is 0 Å². The number of para-hydroxylation sites is 1. The van der Waals surface area contributed by atoms with Gasteiger partial charge >= 0.3 is 5.97 Å². The number of carbonyl (C=O) groups is 1. The van der Waals surface area contributed by atoms with E-state index in [2.05, 4.69) is 29.6 Å². The summed E-state index contributed by atoms with van der Waals surface area (Å²) >= 11 is 0. The van der Waals surface area contributed by atoms with Gasteiger partial charge < -0.3 is 20.4 Å². The molecule has 1 unspecified atom stereocenters. The molecule has 0 aromatic heterocycles. The number of aliphatic hydroxyl groups is 1. The summed E-state index contributed by atoms with van der Waals surface area (Å²) in [6.07, 6.45) is 7.58. The van der Waals surface area contributed by atoms with Crippen LogP contribution in [0.2, 0.25) is 0 Å². The summed E-state index contributed by atoms with van der Waals surface area (Å²) in [4.78, 5) is 13.4. The van der Waals surface area contributed by atoms with Crippen LogP contribution < -0.4 is 10.2 Å². The van der Waals surface area contributed by atoms with E-state index in [0.29, 0.717) is 11.1 Å². The molecule has 3 N–H and O–H groups in total. The van der Waals surface area contributed by atoms with Gasteiger partial charge in [0.15, 0.2) is 6.23 Å². The Labute approximate surface area is 212 Å². The maximum absolute atomic E-state index is 11.6. The van der Waals surface area contributed by atoms with Crippen molar-refractivity contribution in [1.82, 2.24) is 0 Å². The normalized spacial score (nSPS) is 27.0. The van der Waals surface area contributed by atoms with Gasteiger partial charge in [-0.15, -0.1) is 0 Å². The van der Waals surface area contributed by atoms with E-state index in [1.807, 2.05) is 42.3 Å². The molecule has 3 aromatic carbocycles. The predicted molar refractivity (Wildman–Crippen MR) is 143 cm³/mol. The lowest BCUT2D eigenvalue weighted by Crippen LogP contribution is -2.48. The molecule has 0 spiro atoms. The van der Waals surface area contributed by atoms with E-state index >= 15 is 0 Å². The van der Waals surface area contributed by atoms with E-state index in [1.54, 1.807) is 18.2 Å². The Morgan fingerprint density at radius 3 is 2.06 bits per heavy atom. The zero-order valence-electron chi connectivity index (χ0n) is 20.7. The highest BCUT2D eigenvalue weighted by atomic mass is 16.4. The number of anilines is 3. The second-order valence-electron chi connectivity index (χ2n) is 11.3. The first-order chi connectivity index (χ1) is 17.4. The highest BCUT2D eigenvalue weighted by molar-refractivity contribution is 5.95. The molecule has 4 fully saturated rings. The second kappa shape index (κ2) is 8.97. The number of hydrogen-bond acceptors (Lipinski definition) is 4. The van der Waals surface area contributed by atoms with Gasteiger partial charge in [0.25, 0.3) is 0 Å². The number of carboxylic acids is 1. The maximum Gasteiger partial charge on any atom is 0.337 e. The Morgan fingerprint density at radius 2 is 1.47 bits per heavy atom. The molecule has 1 atom stereocenters. The number of nitrogens with zero attached hydrogens (tertiary/aromatic N) is 1. The summed E-state index contributed by atoms with van der Waals surface area (Å²) in [7, 11) is 1.84. The fourth-order valence-electron chi connectivity index (χ4n) is 7.59. The highest BCUT2D eigenvalue weighted by Crippen LogP contribution is 2.60. The van der Waals surface area contributed by atoms with Crippen molar-refractivity contribution in [2.24, 2.45) is 17.8 Å². The average molecular weight is 483 g/mol. The standard InChI is InChI=1S/C31H34N2O3/c1-33(28-5-3-2-4-27(28)30(35)36)26-12-6-23(7-13-26)29(34)32-25-10-8-24(9-11-25)31-17-20-14-21(18-31)16-22(15-20)19-31/h2-13,20-22,29,32,34H,14-19H2,1H3,(H,35,36). The molecule has 3 aromatic rings. The van der Waals surface area contributed by atoms with E-state index in [9.17, 15) is 15.0 Å². The van der Waals surface area contributed by atoms with Crippen LogP contribution >= 0.6 is 0 Å². The SMILES string of the molecule is CN(c1ccc(C(O)Nc2ccc(C34CC5CC(CC(C5)C3)C4)cc2)cc1)c1ccccc1C(=O)O. The van der Waals surface area contributed by atoms with Crippen molar-refractivity contribution in [3.8, 4) is 0 Å². The molecular weight excluding hydrogens is 448 g/mol. The molecule has 0 aliphatic heterocycles. The van der Waals surface area contributed by atoms with Gasteiger partial charge in [0, 0.05) is 24.0 Å². The van der Waals surface area contributed by atoms with Gasteiger partial charge in [0.1, 0.15) is 0 Å². The zero-order valence-corrected chi connectivity index (χ0v) is 20.7. The second-order valence-corrected chi connectivity index (χ2v) is 11.3. The fraction of sp³-hybridized carbons (Fsp3) is 0.387. The Balaban J connectivity index is 1.13. The van der Waals surface area contributed by atoms with E-state index in [0.717, 1.165) is 34.7 Å². The summed E-state index contributed by atoms with van der Waals surface area (Å²) in [6.45, 7) is 0. The number of aliphatic hydroxyl groups excluding tert-OH is 1. The van der Waals surface area contributed by atoms with Crippen LogP contribution in [0.4, 0.5) is 17.1 Å². The van der Waals surface area contributed by atoms with Gasteiger partial charge in [-0.3, -0.25) is 0 Å². The number of aromatic carboxylic acids is 1. The molecule has 0 amide bonds. The minimum atomic E-state index is -0.956. The van der Waals surface area contributed by atoms with Crippen LogP contribution in [0.3, 0.4) is 0 Å². The molecule has 4 aliphatic carbocycles. The van der Waals surface area contributed by atoms with Crippen molar-refractivity contribution in [1.29, 1.82) is 0 Å². The van der Waals surface area contributed by atoms with Gasteiger partial charge in [0.2, 0.25) is 0 Å². The topological polar surface area (TPSA) is 72.8 Å². The van der Waals surface area contributed by atoms with Crippen molar-refractivity contribution >= 4 is 23.0 Å².